The zero-order chi connectivity index (χ0) is 9.91. The van der Waals surface area contributed by atoms with Crippen LogP contribution in [0.4, 0.5) is 0 Å². The molecule has 0 atom stereocenters. The van der Waals surface area contributed by atoms with Crippen LogP contribution < -0.4 is 0 Å². The van der Waals surface area contributed by atoms with Crippen molar-refractivity contribution < 1.29 is 28.8 Å². The molecule has 0 radical (unpaired) electrons. The molecule has 0 aliphatic heterocycles. The number of rotatable bonds is 0. The van der Waals surface area contributed by atoms with Crippen LogP contribution in [0, 0.1) is 10.8 Å². The third-order valence-corrected chi connectivity index (χ3v) is 0. The van der Waals surface area contributed by atoms with Crippen LogP contribution >= 0.6 is 7.82 Å². The summed E-state index contributed by atoms with van der Waals surface area (Å²) in [5.74, 6) is 0. The van der Waals surface area contributed by atoms with Crippen LogP contribution in [0.2, 0.25) is 0 Å². The second kappa shape index (κ2) is 11.6. The fraction of sp³-hybridized carbons (Fsp3) is 0. The standard InChI is InChI=1S/2CHNO.H3O4P/c2*2-1-3;1-5(2,3)4/h2*2H;(H3,1,2,3,4). The highest BCUT2D eigenvalue weighted by molar-refractivity contribution is 7.45. The molecule has 0 fully saturated rings. The highest BCUT2D eigenvalue weighted by Gasteiger charge is 2.00. The molecule has 0 unspecified atom stereocenters. The molecule has 0 spiro atoms. The van der Waals surface area contributed by atoms with E-state index in [2.05, 4.69) is 0 Å². The molecule has 9 heteroatoms. The van der Waals surface area contributed by atoms with Gasteiger partial charge in [-0.25, -0.2) is 25.0 Å². The summed E-state index contributed by atoms with van der Waals surface area (Å²) in [7, 11) is -4.64. The molecule has 0 heterocycles. The molecule has 0 aromatic heterocycles. The lowest BCUT2D eigenvalue weighted by Crippen LogP contribution is -1.66. The number of hydrogen-bond donors (Lipinski definition) is 5. The third-order valence-electron chi connectivity index (χ3n) is 0. The van der Waals surface area contributed by atoms with E-state index in [1.807, 2.05) is 0 Å². The topological polar surface area (TPSA) is 160 Å². The highest BCUT2D eigenvalue weighted by atomic mass is 31.2. The lowest BCUT2D eigenvalue weighted by atomic mass is 11.7. The predicted molar refractivity (Wildman–Crippen MR) is 31.1 cm³/mol. The molecule has 8 nitrogen and oxygen atoms in total. The van der Waals surface area contributed by atoms with E-state index < -0.39 is 7.82 Å². The number of nitrogens with one attached hydrogen (secondary N) is 2. The van der Waals surface area contributed by atoms with E-state index in [0.29, 0.717) is 0 Å². The Morgan fingerprint density at radius 1 is 1.00 bits per heavy atom. The van der Waals surface area contributed by atoms with Crippen molar-refractivity contribution in [3.05, 3.63) is 0 Å². The van der Waals surface area contributed by atoms with Gasteiger partial charge in [0, 0.05) is 0 Å². The van der Waals surface area contributed by atoms with Crippen LogP contribution in [0.15, 0.2) is 0 Å². The first-order valence-corrected chi connectivity index (χ1v) is 3.26. The maximum absolute atomic E-state index is 8.88. The monoisotopic (exact) mass is 184 g/mol. The van der Waals surface area contributed by atoms with Crippen molar-refractivity contribution in [2.24, 2.45) is 0 Å². The summed E-state index contributed by atoms with van der Waals surface area (Å²) < 4.78 is 8.88. The molecule has 0 saturated heterocycles. The van der Waals surface area contributed by atoms with E-state index in [4.69, 9.17) is 39.7 Å². The normalized spacial score (nSPS) is 6.82. The van der Waals surface area contributed by atoms with Gasteiger partial charge in [0.25, 0.3) is 0 Å². The third kappa shape index (κ3) is 328. The van der Waals surface area contributed by atoms with E-state index in [1.165, 1.54) is 0 Å². The van der Waals surface area contributed by atoms with E-state index in [9.17, 15) is 0 Å². The van der Waals surface area contributed by atoms with Gasteiger partial charge in [-0.2, -0.15) is 0 Å². The Morgan fingerprint density at radius 3 is 1.00 bits per heavy atom. The summed E-state index contributed by atoms with van der Waals surface area (Å²) in [5.41, 5.74) is 0. The molecule has 0 bridgehead atoms. The van der Waals surface area contributed by atoms with Gasteiger partial charge < -0.3 is 14.7 Å². The number of hydrogen-bond acceptors (Lipinski definition) is 5. The molecule has 0 aromatic carbocycles. The van der Waals surface area contributed by atoms with Crippen LogP contribution in [0.3, 0.4) is 0 Å². The summed E-state index contributed by atoms with van der Waals surface area (Å²) in [6.07, 6.45) is 1.50. The molecule has 0 aromatic rings. The molecule has 0 saturated carbocycles. The predicted octanol–water partition coefficient (Wildman–Crippen LogP) is -1.13. The Balaban J connectivity index is -0.0000000933. The smallest absolute Gasteiger partial charge is 0.303 e. The first-order chi connectivity index (χ1) is 4.83. The lowest BCUT2D eigenvalue weighted by Gasteiger charge is -1.82. The van der Waals surface area contributed by atoms with E-state index in [0.717, 1.165) is 12.2 Å². The quantitative estimate of drug-likeness (QED) is 0.182. The molecule has 0 rings (SSSR count). The largest absolute Gasteiger partial charge is 0.466 e. The maximum atomic E-state index is 8.88. The van der Waals surface area contributed by atoms with Crippen molar-refractivity contribution in [1.29, 1.82) is 10.8 Å². The summed E-state index contributed by atoms with van der Waals surface area (Å²) in [5, 5.41) is 10.8. The Labute approximate surface area is 60.7 Å². The van der Waals surface area contributed by atoms with Gasteiger partial charge >= 0.3 is 7.82 Å². The van der Waals surface area contributed by atoms with Crippen LogP contribution in [-0.2, 0) is 14.2 Å². The first kappa shape index (κ1) is 16.5. The van der Waals surface area contributed by atoms with Gasteiger partial charge in [0.15, 0.2) is 0 Å². The van der Waals surface area contributed by atoms with Crippen LogP contribution in [0.5, 0.6) is 0 Å². The van der Waals surface area contributed by atoms with Gasteiger partial charge in [-0.3, -0.25) is 0 Å². The Kier molecular flexibility index (Phi) is 17.4. The summed E-state index contributed by atoms with van der Waals surface area (Å²) in [6, 6.07) is 0. The summed E-state index contributed by atoms with van der Waals surface area (Å²) in [6.45, 7) is 0. The fourth-order valence-corrected chi connectivity index (χ4v) is 0. The Morgan fingerprint density at radius 2 is 1.00 bits per heavy atom. The zero-order valence-corrected chi connectivity index (χ0v) is 5.91. The summed E-state index contributed by atoms with van der Waals surface area (Å²) in [4.78, 5) is 38.3. The average molecular weight is 184 g/mol. The first-order valence-electron chi connectivity index (χ1n) is 1.69. The van der Waals surface area contributed by atoms with Crippen LogP contribution in [-0.4, -0.2) is 26.8 Å². The van der Waals surface area contributed by atoms with Gasteiger partial charge in [-0.15, -0.1) is 0 Å². The van der Waals surface area contributed by atoms with Gasteiger partial charge in [-0.05, 0) is 0 Å². The lowest BCUT2D eigenvalue weighted by molar-refractivity contribution is 0.275. The molecular weight excluding hydrogens is 179 g/mol. The number of carbonyl (C=O) groups excluding carboxylic acids is 2. The molecule has 64 valence electrons. The minimum absolute atomic E-state index is 0.750. The second-order valence-electron chi connectivity index (χ2n) is 0.717. The Bertz CT molecular complexity index is 162. The Hall–Kier alpha value is -1.13. The van der Waals surface area contributed by atoms with Gasteiger partial charge in [-0.1, -0.05) is 0 Å². The van der Waals surface area contributed by atoms with E-state index in [1.54, 1.807) is 0 Å². The van der Waals surface area contributed by atoms with E-state index >= 15 is 0 Å². The average Bonchev–Trinajstić information content (AvgIpc) is 1.62. The SMILES string of the molecule is N=C=O.N=C=O.O=P(O)(O)O. The van der Waals surface area contributed by atoms with Crippen LogP contribution in [0.25, 0.3) is 0 Å². The second-order valence-corrected chi connectivity index (χ2v) is 1.74. The van der Waals surface area contributed by atoms with Crippen LogP contribution in [0.1, 0.15) is 0 Å². The molecule has 0 aliphatic rings. The van der Waals surface area contributed by atoms with E-state index in [-0.39, 0.29) is 0 Å². The van der Waals surface area contributed by atoms with Crippen molar-refractivity contribution in [2.45, 2.75) is 0 Å². The van der Waals surface area contributed by atoms with Gasteiger partial charge in [0.2, 0.25) is 12.2 Å². The zero-order valence-electron chi connectivity index (χ0n) is 5.01. The minimum Gasteiger partial charge on any atom is -0.303 e. The molecule has 5 N–H and O–H groups in total. The summed E-state index contributed by atoms with van der Waals surface area (Å²) >= 11 is 0. The van der Waals surface area contributed by atoms with Gasteiger partial charge in [0.05, 0.1) is 0 Å². The van der Waals surface area contributed by atoms with Crippen molar-refractivity contribution >= 4 is 20.0 Å². The fourth-order valence-electron chi connectivity index (χ4n) is 0. The number of phosphoric acid groups is 1. The molecular formula is C2H5N2O6P. The maximum Gasteiger partial charge on any atom is 0.466 e. The van der Waals surface area contributed by atoms with Crippen molar-refractivity contribution in [3.8, 4) is 0 Å². The number of isocyanates is 2. The highest BCUT2D eigenvalue weighted by Crippen LogP contribution is 2.25. The van der Waals surface area contributed by atoms with Crippen molar-refractivity contribution in [2.75, 3.05) is 0 Å². The molecule has 0 aliphatic carbocycles. The van der Waals surface area contributed by atoms with Gasteiger partial charge in [0.1, 0.15) is 0 Å². The van der Waals surface area contributed by atoms with Crippen molar-refractivity contribution in [3.63, 3.8) is 0 Å². The molecule has 0 amide bonds. The van der Waals surface area contributed by atoms with Crippen molar-refractivity contribution in [1.82, 2.24) is 0 Å². The molecule has 11 heavy (non-hydrogen) atoms. The minimum atomic E-state index is -4.64.